The minimum Gasteiger partial charge on any atom is -0.361 e. The van der Waals surface area contributed by atoms with Crippen molar-refractivity contribution < 1.29 is 4.79 Å². The molecule has 0 radical (unpaired) electrons. The molecule has 2 aromatic heterocycles. The molecule has 0 saturated heterocycles. The third-order valence-corrected chi connectivity index (χ3v) is 4.97. The van der Waals surface area contributed by atoms with Gasteiger partial charge in [-0.15, -0.1) is 10.2 Å². The first-order chi connectivity index (χ1) is 12.1. The molecular formula is C18H22N6O. The minimum atomic E-state index is -0.190. The number of nitrogens with one attached hydrogen (secondary N) is 2. The van der Waals surface area contributed by atoms with E-state index in [1.807, 2.05) is 35.7 Å². The second-order valence-electron chi connectivity index (χ2n) is 6.60. The van der Waals surface area contributed by atoms with Crippen molar-refractivity contribution in [2.75, 3.05) is 13.6 Å². The number of likely N-dealkylation sites (N-methyl/N-ethyl adjacent to an activating group) is 1. The van der Waals surface area contributed by atoms with Crippen LogP contribution in [0.25, 0.3) is 10.9 Å². The van der Waals surface area contributed by atoms with Crippen LogP contribution in [-0.4, -0.2) is 50.2 Å². The highest BCUT2D eigenvalue weighted by Gasteiger charge is 2.30. The molecule has 1 aliphatic rings. The summed E-state index contributed by atoms with van der Waals surface area (Å²) in [6.07, 6.45) is 2.76. The van der Waals surface area contributed by atoms with E-state index in [1.54, 1.807) is 0 Å². The summed E-state index contributed by atoms with van der Waals surface area (Å²) in [5.41, 5.74) is 2.37. The SMILES string of the molecule is Cc1nnc2n1CC(C(=O)NCCc1cccc3[nH]ccc13)N(C)C2. The van der Waals surface area contributed by atoms with Crippen LogP contribution in [0.2, 0.25) is 0 Å². The number of aromatic nitrogens is 4. The molecule has 2 N–H and O–H groups in total. The van der Waals surface area contributed by atoms with Gasteiger partial charge in [-0.25, -0.2) is 0 Å². The van der Waals surface area contributed by atoms with Gasteiger partial charge in [0.1, 0.15) is 17.7 Å². The van der Waals surface area contributed by atoms with Crippen LogP contribution in [0, 0.1) is 6.92 Å². The van der Waals surface area contributed by atoms with Crippen LogP contribution in [0.15, 0.2) is 30.5 Å². The Labute approximate surface area is 146 Å². The van der Waals surface area contributed by atoms with E-state index in [9.17, 15) is 4.79 Å². The molecule has 3 heterocycles. The first-order valence-electron chi connectivity index (χ1n) is 8.55. The van der Waals surface area contributed by atoms with E-state index >= 15 is 0 Å². The first kappa shape index (κ1) is 15.8. The molecule has 1 aliphatic heterocycles. The van der Waals surface area contributed by atoms with E-state index < -0.39 is 0 Å². The molecule has 1 unspecified atom stereocenters. The average molecular weight is 338 g/mol. The van der Waals surface area contributed by atoms with Crippen molar-refractivity contribution in [1.82, 2.24) is 30.0 Å². The summed E-state index contributed by atoms with van der Waals surface area (Å²) in [4.78, 5) is 17.9. The third kappa shape index (κ3) is 2.91. The number of benzene rings is 1. The second-order valence-corrected chi connectivity index (χ2v) is 6.60. The average Bonchev–Trinajstić information content (AvgIpc) is 3.21. The van der Waals surface area contributed by atoms with Crippen LogP contribution in [0.1, 0.15) is 17.2 Å². The van der Waals surface area contributed by atoms with Crippen molar-refractivity contribution in [1.29, 1.82) is 0 Å². The molecule has 25 heavy (non-hydrogen) atoms. The number of fused-ring (bicyclic) bond motifs is 2. The van der Waals surface area contributed by atoms with Gasteiger partial charge < -0.3 is 14.9 Å². The number of hydrogen-bond acceptors (Lipinski definition) is 4. The Balaban J connectivity index is 1.39. The van der Waals surface area contributed by atoms with Gasteiger partial charge in [0.2, 0.25) is 5.91 Å². The maximum Gasteiger partial charge on any atom is 0.239 e. The highest BCUT2D eigenvalue weighted by molar-refractivity contribution is 5.83. The highest BCUT2D eigenvalue weighted by atomic mass is 16.2. The lowest BCUT2D eigenvalue weighted by molar-refractivity contribution is -0.127. The Morgan fingerprint density at radius 2 is 2.24 bits per heavy atom. The Bertz CT molecular complexity index is 911. The van der Waals surface area contributed by atoms with Crippen molar-refractivity contribution in [3.63, 3.8) is 0 Å². The fourth-order valence-corrected chi connectivity index (χ4v) is 3.51. The van der Waals surface area contributed by atoms with Gasteiger partial charge in [-0.3, -0.25) is 9.69 Å². The van der Waals surface area contributed by atoms with E-state index in [2.05, 4.69) is 38.7 Å². The van der Waals surface area contributed by atoms with Crippen molar-refractivity contribution >= 4 is 16.8 Å². The van der Waals surface area contributed by atoms with E-state index in [0.717, 1.165) is 23.6 Å². The van der Waals surface area contributed by atoms with Crippen molar-refractivity contribution in [2.24, 2.45) is 0 Å². The van der Waals surface area contributed by atoms with Crippen LogP contribution in [-0.2, 0) is 24.3 Å². The summed E-state index contributed by atoms with van der Waals surface area (Å²) in [5, 5.41) is 12.6. The van der Waals surface area contributed by atoms with Crippen LogP contribution < -0.4 is 5.32 Å². The Kier molecular flexibility index (Phi) is 4.01. The topological polar surface area (TPSA) is 78.8 Å². The van der Waals surface area contributed by atoms with Crippen molar-refractivity contribution in [3.8, 4) is 0 Å². The molecule has 0 saturated carbocycles. The summed E-state index contributed by atoms with van der Waals surface area (Å²) >= 11 is 0. The summed E-state index contributed by atoms with van der Waals surface area (Å²) in [5.74, 6) is 1.84. The lowest BCUT2D eigenvalue weighted by Crippen LogP contribution is -2.50. The summed E-state index contributed by atoms with van der Waals surface area (Å²) in [6, 6.07) is 8.11. The Hall–Kier alpha value is -2.67. The van der Waals surface area contributed by atoms with Crippen LogP contribution >= 0.6 is 0 Å². The number of aromatic amines is 1. The number of carbonyl (C=O) groups excluding carboxylic acids is 1. The third-order valence-electron chi connectivity index (χ3n) is 4.97. The first-order valence-corrected chi connectivity index (χ1v) is 8.55. The molecular weight excluding hydrogens is 316 g/mol. The fraction of sp³-hybridized carbons (Fsp3) is 0.389. The largest absolute Gasteiger partial charge is 0.361 e. The lowest BCUT2D eigenvalue weighted by atomic mass is 10.1. The van der Waals surface area contributed by atoms with Gasteiger partial charge in [-0.05, 0) is 38.1 Å². The summed E-state index contributed by atoms with van der Waals surface area (Å²) in [7, 11) is 1.96. The zero-order chi connectivity index (χ0) is 17.4. The van der Waals surface area contributed by atoms with Crippen LogP contribution in [0.5, 0.6) is 0 Å². The Morgan fingerprint density at radius 1 is 1.36 bits per heavy atom. The predicted molar refractivity (Wildman–Crippen MR) is 95.0 cm³/mol. The minimum absolute atomic E-state index is 0.0579. The number of hydrogen-bond donors (Lipinski definition) is 2. The number of aryl methyl sites for hydroxylation is 1. The molecule has 0 aliphatic carbocycles. The number of carbonyl (C=O) groups is 1. The highest BCUT2D eigenvalue weighted by Crippen LogP contribution is 2.18. The molecule has 7 heteroatoms. The molecule has 0 spiro atoms. The standard InChI is InChI=1S/C18H22N6O/c1-12-21-22-17-11-23(2)16(10-24(12)17)18(25)20-8-6-13-4-3-5-15-14(13)7-9-19-15/h3-5,7,9,16,19H,6,8,10-11H2,1-2H3,(H,20,25). The second kappa shape index (κ2) is 6.33. The van der Waals surface area contributed by atoms with E-state index in [4.69, 9.17) is 0 Å². The summed E-state index contributed by atoms with van der Waals surface area (Å²) in [6.45, 7) is 3.79. The molecule has 1 aromatic carbocycles. The van der Waals surface area contributed by atoms with Gasteiger partial charge in [-0.2, -0.15) is 0 Å². The fourth-order valence-electron chi connectivity index (χ4n) is 3.51. The molecule has 3 aromatic rings. The van der Waals surface area contributed by atoms with Crippen LogP contribution in [0.4, 0.5) is 0 Å². The lowest BCUT2D eigenvalue weighted by Gasteiger charge is -2.32. The molecule has 1 atom stereocenters. The normalized spacial score (nSPS) is 17.6. The van der Waals surface area contributed by atoms with Crippen molar-refractivity contribution in [3.05, 3.63) is 47.7 Å². The van der Waals surface area contributed by atoms with E-state index in [0.29, 0.717) is 19.6 Å². The zero-order valence-corrected chi connectivity index (χ0v) is 14.5. The van der Waals surface area contributed by atoms with E-state index in [-0.39, 0.29) is 11.9 Å². The van der Waals surface area contributed by atoms with Gasteiger partial charge in [0.25, 0.3) is 0 Å². The maximum absolute atomic E-state index is 12.6. The number of amides is 1. The quantitative estimate of drug-likeness (QED) is 0.750. The molecule has 0 bridgehead atoms. The summed E-state index contributed by atoms with van der Waals surface area (Å²) < 4.78 is 2.03. The monoisotopic (exact) mass is 338 g/mol. The van der Waals surface area contributed by atoms with E-state index in [1.165, 1.54) is 10.9 Å². The Morgan fingerprint density at radius 3 is 3.12 bits per heavy atom. The van der Waals surface area contributed by atoms with Crippen LogP contribution in [0.3, 0.4) is 0 Å². The van der Waals surface area contributed by atoms with Gasteiger partial charge >= 0.3 is 0 Å². The number of H-pyrrole nitrogens is 1. The zero-order valence-electron chi connectivity index (χ0n) is 14.5. The van der Waals surface area contributed by atoms with Crippen molar-refractivity contribution in [2.45, 2.75) is 32.5 Å². The number of rotatable bonds is 4. The predicted octanol–water partition coefficient (Wildman–Crippen LogP) is 1.24. The van der Waals surface area contributed by atoms with Gasteiger partial charge in [0, 0.05) is 23.6 Å². The molecule has 7 nitrogen and oxygen atoms in total. The molecule has 4 rings (SSSR count). The number of nitrogens with zero attached hydrogens (tertiary/aromatic N) is 4. The maximum atomic E-state index is 12.6. The van der Waals surface area contributed by atoms with Gasteiger partial charge in [0.15, 0.2) is 0 Å². The molecule has 1 amide bonds. The van der Waals surface area contributed by atoms with Gasteiger partial charge in [0.05, 0.1) is 13.1 Å². The van der Waals surface area contributed by atoms with Gasteiger partial charge in [-0.1, -0.05) is 12.1 Å². The molecule has 130 valence electrons. The smallest absolute Gasteiger partial charge is 0.239 e. The molecule has 0 fully saturated rings.